The van der Waals surface area contributed by atoms with E-state index in [-0.39, 0.29) is 17.4 Å². The quantitative estimate of drug-likeness (QED) is 0.685. The van der Waals surface area contributed by atoms with Crippen LogP contribution < -0.4 is 5.73 Å². The molecule has 6 aliphatic rings. The minimum atomic E-state index is -0.573. The maximum atomic E-state index is 13.2. The zero-order valence-corrected chi connectivity index (χ0v) is 13.6. The molecule has 0 aromatic rings. The summed E-state index contributed by atoms with van der Waals surface area (Å²) >= 11 is 0. The van der Waals surface area contributed by atoms with E-state index < -0.39 is 11.6 Å². The number of fused-ring (bicyclic) bond motifs is 1. The molecule has 5 heteroatoms. The smallest absolute Gasteiger partial charge is 0.240 e. The predicted octanol–water partition coefficient (Wildman–Crippen LogP) is 1.28. The fourth-order valence-electron chi connectivity index (χ4n) is 7.04. The number of nitrogens with two attached hydrogens (primary N) is 1. The summed E-state index contributed by atoms with van der Waals surface area (Å²) in [6.07, 6.45) is 9.20. The van der Waals surface area contributed by atoms with Crippen molar-refractivity contribution >= 4 is 12.1 Å². The van der Waals surface area contributed by atoms with Gasteiger partial charge in [-0.1, -0.05) is 0 Å². The van der Waals surface area contributed by atoms with Gasteiger partial charge in [-0.3, -0.25) is 4.79 Å². The topological polar surface area (TPSA) is 90.4 Å². The highest BCUT2D eigenvalue weighted by Gasteiger charge is 2.62. The lowest BCUT2D eigenvalue weighted by Gasteiger charge is -2.61. The summed E-state index contributed by atoms with van der Waals surface area (Å²) in [6.45, 7) is 0. The Labute approximate surface area is 137 Å². The van der Waals surface area contributed by atoms with E-state index in [0.717, 1.165) is 38.5 Å². The molecule has 6 rings (SSSR count). The molecule has 126 valence electrons. The molecule has 1 saturated heterocycles. The first kappa shape index (κ1) is 14.4. The minimum absolute atomic E-state index is 0.0469. The number of aliphatic hydroxyl groups is 1. The van der Waals surface area contributed by atoms with Crippen LogP contribution in [0.3, 0.4) is 0 Å². The van der Waals surface area contributed by atoms with Gasteiger partial charge >= 0.3 is 0 Å². The van der Waals surface area contributed by atoms with Crippen LogP contribution in [-0.4, -0.2) is 45.9 Å². The van der Waals surface area contributed by atoms with E-state index in [1.165, 1.54) is 12.6 Å². The summed E-state index contributed by atoms with van der Waals surface area (Å²) in [5, 5.41) is 18.5. The fraction of sp³-hybridized carbons (Fsp3) is 0.889. The van der Waals surface area contributed by atoms with Crippen LogP contribution in [0.2, 0.25) is 0 Å². The fourth-order valence-corrected chi connectivity index (χ4v) is 7.04. The molecule has 0 spiro atoms. The molecule has 1 amide bonds. The monoisotopic (exact) mass is 317 g/mol. The Hall–Kier alpha value is -0.940. The van der Waals surface area contributed by atoms with Gasteiger partial charge in [0.15, 0.2) is 0 Å². The zero-order valence-electron chi connectivity index (χ0n) is 13.6. The van der Waals surface area contributed by atoms with Crippen molar-refractivity contribution in [2.24, 2.45) is 28.9 Å². The molecule has 0 aromatic carbocycles. The second-order valence-corrected chi connectivity index (χ2v) is 9.30. The molecule has 5 aliphatic carbocycles. The van der Waals surface area contributed by atoms with Gasteiger partial charge in [0.1, 0.15) is 0 Å². The summed E-state index contributed by atoms with van der Waals surface area (Å²) < 4.78 is 0. The first-order valence-electron chi connectivity index (χ1n) is 9.24. The van der Waals surface area contributed by atoms with E-state index in [9.17, 15) is 9.90 Å². The molecule has 4 bridgehead atoms. The molecule has 4 N–H and O–H groups in total. The molecule has 6 atom stereocenters. The van der Waals surface area contributed by atoms with Gasteiger partial charge in [-0.2, -0.15) is 0 Å². The van der Waals surface area contributed by atoms with Crippen molar-refractivity contribution in [2.75, 3.05) is 0 Å². The molecule has 5 nitrogen and oxygen atoms in total. The van der Waals surface area contributed by atoms with Crippen molar-refractivity contribution in [1.29, 1.82) is 5.41 Å². The van der Waals surface area contributed by atoms with E-state index in [1.807, 2.05) is 4.90 Å². The van der Waals surface area contributed by atoms with Crippen LogP contribution in [-0.2, 0) is 4.79 Å². The number of carbonyl (C=O) groups is 1. The van der Waals surface area contributed by atoms with Crippen LogP contribution >= 0.6 is 0 Å². The van der Waals surface area contributed by atoms with Crippen LogP contribution in [0, 0.1) is 28.6 Å². The van der Waals surface area contributed by atoms with Gasteiger partial charge in [-0.05, 0) is 74.5 Å². The molecule has 5 saturated carbocycles. The normalized spacial score (nSPS) is 54.0. The van der Waals surface area contributed by atoms with Gasteiger partial charge in [-0.25, -0.2) is 0 Å². The molecular formula is C18H27N3O2. The Morgan fingerprint density at radius 1 is 1.22 bits per heavy atom. The highest BCUT2D eigenvalue weighted by atomic mass is 16.3. The van der Waals surface area contributed by atoms with Crippen LogP contribution in [0.4, 0.5) is 0 Å². The molecule has 1 heterocycles. The lowest BCUT2D eigenvalue weighted by atomic mass is 9.46. The largest absolute Gasteiger partial charge is 0.390 e. The van der Waals surface area contributed by atoms with Crippen molar-refractivity contribution in [2.45, 2.75) is 75.1 Å². The lowest BCUT2D eigenvalue weighted by molar-refractivity contribution is -0.177. The number of piperidine rings is 1. The van der Waals surface area contributed by atoms with E-state index in [4.69, 9.17) is 11.1 Å². The first-order valence-corrected chi connectivity index (χ1v) is 9.24. The van der Waals surface area contributed by atoms with E-state index in [1.54, 1.807) is 0 Å². The average Bonchev–Trinajstić information content (AvgIpc) is 3.14. The molecule has 2 unspecified atom stereocenters. The number of nitrogens with zero attached hydrogens (tertiary/aromatic N) is 1. The van der Waals surface area contributed by atoms with Crippen LogP contribution in [0.25, 0.3) is 0 Å². The minimum Gasteiger partial charge on any atom is -0.390 e. The number of rotatable bonds is 3. The third-order valence-electron chi connectivity index (χ3n) is 7.59. The molecule has 0 aromatic heterocycles. The summed E-state index contributed by atoms with van der Waals surface area (Å²) in [7, 11) is 0. The number of hydrogen-bond donors (Lipinski definition) is 3. The van der Waals surface area contributed by atoms with Crippen molar-refractivity contribution < 1.29 is 9.90 Å². The Morgan fingerprint density at radius 2 is 1.91 bits per heavy atom. The molecule has 0 radical (unpaired) electrons. The second kappa shape index (κ2) is 4.37. The molecule has 23 heavy (non-hydrogen) atoms. The van der Waals surface area contributed by atoms with E-state index >= 15 is 0 Å². The van der Waals surface area contributed by atoms with E-state index in [0.29, 0.717) is 30.2 Å². The van der Waals surface area contributed by atoms with Crippen molar-refractivity contribution in [3.8, 4) is 0 Å². The summed E-state index contributed by atoms with van der Waals surface area (Å²) in [6, 6.07) is -0.215. The third kappa shape index (κ3) is 1.92. The Bertz CT molecular complexity index is 563. The number of nitrogens with one attached hydrogen (secondary N) is 1. The SMILES string of the molecule is N=C[C@@H]1C[C@@H]2C[C@@H]2N1C(=O)[C@@H](N)C12CC3CC(CC(O)(C3)C1)C2. The summed E-state index contributed by atoms with van der Waals surface area (Å²) in [5.74, 6) is 1.74. The maximum Gasteiger partial charge on any atom is 0.240 e. The number of amides is 1. The highest BCUT2D eigenvalue weighted by Crippen LogP contribution is 2.63. The lowest BCUT2D eigenvalue weighted by Crippen LogP contribution is -2.65. The maximum absolute atomic E-state index is 13.2. The van der Waals surface area contributed by atoms with Crippen LogP contribution in [0.15, 0.2) is 0 Å². The number of likely N-dealkylation sites (tertiary alicyclic amines) is 1. The van der Waals surface area contributed by atoms with Gasteiger partial charge in [0.05, 0.1) is 17.7 Å². The second-order valence-electron chi connectivity index (χ2n) is 9.30. The average molecular weight is 317 g/mol. The Balaban J connectivity index is 1.43. The van der Waals surface area contributed by atoms with Crippen LogP contribution in [0.1, 0.15) is 51.4 Å². The summed E-state index contributed by atoms with van der Waals surface area (Å²) in [4.78, 5) is 15.1. The predicted molar refractivity (Wildman–Crippen MR) is 86.0 cm³/mol. The standard InChI is InChI=1S/C18H27N3O2/c19-8-13-2-12-3-14(12)21(13)16(22)15(20)17-4-10-1-11(5-17)7-18(23,6-10)9-17/h8,10-15,19,23H,1-7,9,20H2/t10?,11?,12-,13+,14+,15-,17?,18?/m1/s1. The van der Waals surface area contributed by atoms with Crippen molar-refractivity contribution in [1.82, 2.24) is 4.90 Å². The Kier molecular flexibility index (Phi) is 2.73. The van der Waals surface area contributed by atoms with Gasteiger partial charge < -0.3 is 21.1 Å². The third-order valence-corrected chi connectivity index (χ3v) is 7.59. The molecule has 6 fully saturated rings. The molecule has 1 aliphatic heterocycles. The number of carbonyl (C=O) groups excluding carboxylic acids is 1. The Morgan fingerprint density at radius 3 is 2.52 bits per heavy atom. The first-order chi connectivity index (χ1) is 10.9. The zero-order chi connectivity index (χ0) is 16.0. The van der Waals surface area contributed by atoms with Gasteiger partial charge in [0.25, 0.3) is 0 Å². The van der Waals surface area contributed by atoms with Gasteiger partial charge in [0, 0.05) is 12.3 Å². The summed E-state index contributed by atoms with van der Waals surface area (Å²) in [5.41, 5.74) is 5.80. The molecular weight excluding hydrogens is 290 g/mol. The number of hydrogen-bond acceptors (Lipinski definition) is 4. The van der Waals surface area contributed by atoms with Crippen molar-refractivity contribution in [3.63, 3.8) is 0 Å². The van der Waals surface area contributed by atoms with E-state index in [2.05, 4.69) is 0 Å². The van der Waals surface area contributed by atoms with Gasteiger partial charge in [0.2, 0.25) is 5.91 Å². The van der Waals surface area contributed by atoms with Gasteiger partial charge in [-0.15, -0.1) is 0 Å². The van der Waals surface area contributed by atoms with Crippen LogP contribution in [0.5, 0.6) is 0 Å². The van der Waals surface area contributed by atoms with Crippen molar-refractivity contribution in [3.05, 3.63) is 0 Å². The highest BCUT2D eigenvalue weighted by molar-refractivity contribution is 5.87.